The average Bonchev–Trinajstić information content (AvgIpc) is 3.17. The summed E-state index contributed by atoms with van der Waals surface area (Å²) in [5.41, 5.74) is 9.55. The molecule has 1 aliphatic carbocycles. The largest absolute Gasteiger partial charge is 0.458 e. The molecule has 0 atom stereocenters. The van der Waals surface area contributed by atoms with E-state index in [2.05, 4.69) is 110 Å². The Morgan fingerprint density at radius 2 is 1.16 bits per heavy atom. The van der Waals surface area contributed by atoms with E-state index >= 15 is 0 Å². The topological polar surface area (TPSA) is 21.7 Å². The van der Waals surface area contributed by atoms with Crippen LogP contribution in [0.25, 0.3) is 11.1 Å². The molecular weight excluding hydrogens is 453 g/mol. The molecule has 0 saturated carbocycles. The van der Waals surface area contributed by atoms with Gasteiger partial charge >= 0.3 is 6.85 Å². The van der Waals surface area contributed by atoms with Crippen molar-refractivity contribution in [2.24, 2.45) is 0 Å². The van der Waals surface area contributed by atoms with Gasteiger partial charge in [0.15, 0.2) is 0 Å². The Morgan fingerprint density at radius 3 is 1.92 bits per heavy atom. The molecule has 0 amide bonds. The summed E-state index contributed by atoms with van der Waals surface area (Å²) < 4.78 is 13.0. The number of para-hydroxylation sites is 4. The molecule has 0 unspecified atom stereocenters. The van der Waals surface area contributed by atoms with Crippen molar-refractivity contribution >= 4 is 29.1 Å². The van der Waals surface area contributed by atoms with Gasteiger partial charge in [-0.2, -0.15) is 0 Å². The monoisotopic (exact) mass is 477 g/mol. The first-order valence-electron chi connectivity index (χ1n) is 12.8. The van der Waals surface area contributed by atoms with Crippen LogP contribution in [0.5, 0.6) is 23.0 Å². The smallest absolute Gasteiger partial charge is 0.335 e. The molecule has 5 aromatic carbocycles. The Morgan fingerprint density at radius 1 is 0.568 bits per heavy atom. The van der Waals surface area contributed by atoms with E-state index < -0.39 is 0 Å². The molecule has 37 heavy (non-hydrogen) atoms. The maximum absolute atomic E-state index is 6.62. The first kappa shape index (κ1) is 20.7. The third-order valence-electron chi connectivity index (χ3n) is 8.15. The van der Waals surface area contributed by atoms with Gasteiger partial charge in [-0.3, -0.25) is 0 Å². The number of nitrogens with zero attached hydrogens (tertiary/aromatic N) is 1. The molecule has 0 bridgehead atoms. The molecular formula is C33H24BNO2. The highest BCUT2D eigenvalue weighted by atomic mass is 16.5. The van der Waals surface area contributed by atoms with Gasteiger partial charge < -0.3 is 14.3 Å². The molecule has 8 rings (SSSR count). The highest BCUT2D eigenvalue weighted by molar-refractivity contribution is 6.90. The van der Waals surface area contributed by atoms with Crippen LogP contribution in [0.4, 0.5) is 11.4 Å². The van der Waals surface area contributed by atoms with Gasteiger partial charge in [-0.1, -0.05) is 92.7 Å². The van der Waals surface area contributed by atoms with Crippen LogP contribution >= 0.6 is 0 Å². The lowest BCUT2D eigenvalue weighted by atomic mass is 9.47. The number of ether oxygens (including phenoxy) is 2. The van der Waals surface area contributed by atoms with Crippen LogP contribution in [-0.2, 0) is 5.41 Å². The number of fused-ring (bicyclic) bond motifs is 8. The van der Waals surface area contributed by atoms with Gasteiger partial charge in [-0.15, -0.1) is 0 Å². The van der Waals surface area contributed by atoms with Crippen molar-refractivity contribution in [2.75, 3.05) is 4.81 Å². The Hall–Kier alpha value is -4.44. The first-order valence-corrected chi connectivity index (χ1v) is 12.8. The maximum Gasteiger partial charge on any atom is 0.335 e. The molecule has 0 spiro atoms. The molecule has 2 heterocycles. The molecule has 176 valence electrons. The van der Waals surface area contributed by atoms with E-state index in [1.807, 2.05) is 18.2 Å². The van der Waals surface area contributed by atoms with E-state index in [0.29, 0.717) is 0 Å². The van der Waals surface area contributed by atoms with E-state index in [0.717, 1.165) is 45.3 Å². The van der Waals surface area contributed by atoms with Crippen LogP contribution in [0.3, 0.4) is 0 Å². The standard InChI is InChI=1S/C33H24BNO2/c1-33(2)23-12-4-3-11-21(23)22-19-20-30-32(31(22)33)35(26-15-7-10-18-29(26)37-30)34-24-13-5-8-16-27(24)36-28-17-9-6-14-25(28)34/h3-20H,1-2H3. The fraction of sp³-hybridized carbons (Fsp3) is 0.0909. The normalized spacial score (nSPS) is 15.3. The quantitative estimate of drug-likeness (QED) is 0.240. The highest BCUT2D eigenvalue weighted by Crippen LogP contribution is 2.59. The van der Waals surface area contributed by atoms with Gasteiger partial charge in [0.2, 0.25) is 0 Å². The summed E-state index contributed by atoms with van der Waals surface area (Å²) in [6, 6.07) is 38.4. The zero-order valence-electron chi connectivity index (χ0n) is 20.7. The van der Waals surface area contributed by atoms with Crippen LogP contribution in [0.1, 0.15) is 25.0 Å². The van der Waals surface area contributed by atoms with Crippen molar-refractivity contribution in [3.05, 3.63) is 120 Å². The van der Waals surface area contributed by atoms with E-state index in [-0.39, 0.29) is 12.3 Å². The van der Waals surface area contributed by atoms with Crippen LogP contribution in [0.2, 0.25) is 0 Å². The van der Waals surface area contributed by atoms with E-state index in [1.54, 1.807) is 0 Å². The van der Waals surface area contributed by atoms with Crippen LogP contribution in [0.15, 0.2) is 109 Å². The summed E-state index contributed by atoms with van der Waals surface area (Å²) in [6.45, 7) is 4.60. The van der Waals surface area contributed by atoms with Crippen LogP contribution < -0.4 is 25.2 Å². The molecule has 3 nitrogen and oxygen atoms in total. The molecule has 0 fully saturated rings. The van der Waals surface area contributed by atoms with Crippen molar-refractivity contribution < 1.29 is 9.47 Å². The van der Waals surface area contributed by atoms with Gasteiger partial charge in [0, 0.05) is 5.41 Å². The van der Waals surface area contributed by atoms with Crippen molar-refractivity contribution in [3.8, 4) is 34.1 Å². The van der Waals surface area contributed by atoms with Gasteiger partial charge in [-0.05, 0) is 63.5 Å². The Bertz CT molecular complexity index is 1700. The number of benzene rings is 5. The second-order valence-corrected chi connectivity index (χ2v) is 10.5. The molecule has 5 aromatic rings. The molecule has 3 aliphatic rings. The minimum atomic E-state index is -0.185. The molecule has 4 heteroatoms. The summed E-state index contributed by atoms with van der Waals surface area (Å²) >= 11 is 0. The Kier molecular flexibility index (Phi) is 4.09. The van der Waals surface area contributed by atoms with Crippen molar-refractivity contribution in [2.45, 2.75) is 19.3 Å². The van der Waals surface area contributed by atoms with Gasteiger partial charge in [0.1, 0.15) is 23.0 Å². The summed E-state index contributed by atoms with van der Waals surface area (Å²) in [5.74, 6) is 3.54. The van der Waals surface area contributed by atoms with Crippen molar-refractivity contribution in [3.63, 3.8) is 0 Å². The SMILES string of the molecule is CC1(C)c2ccccc2-c2ccc3c(c21)N(B1c2ccccc2Oc2ccccc21)c1ccccc1O3. The number of hydrogen-bond acceptors (Lipinski definition) is 3. The third kappa shape index (κ3) is 2.73. The van der Waals surface area contributed by atoms with Gasteiger partial charge in [0.05, 0.1) is 11.4 Å². The van der Waals surface area contributed by atoms with Crippen molar-refractivity contribution in [1.29, 1.82) is 0 Å². The zero-order valence-corrected chi connectivity index (χ0v) is 20.7. The molecule has 2 aliphatic heterocycles. The lowest BCUT2D eigenvalue weighted by Gasteiger charge is -2.42. The lowest BCUT2D eigenvalue weighted by molar-refractivity contribution is 0.474. The predicted octanol–water partition coefficient (Wildman–Crippen LogP) is 7.15. The third-order valence-corrected chi connectivity index (χ3v) is 8.15. The van der Waals surface area contributed by atoms with E-state index in [9.17, 15) is 0 Å². The predicted molar refractivity (Wildman–Crippen MR) is 151 cm³/mol. The summed E-state index contributed by atoms with van der Waals surface area (Å²) in [4.78, 5) is 2.50. The summed E-state index contributed by atoms with van der Waals surface area (Å²) in [5, 5.41) is 0. The minimum Gasteiger partial charge on any atom is -0.458 e. The fourth-order valence-electron chi connectivity index (χ4n) is 6.56. The Labute approximate surface area is 217 Å². The fourth-order valence-corrected chi connectivity index (χ4v) is 6.56. The van der Waals surface area contributed by atoms with Gasteiger partial charge in [-0.25, -0.2) is 0 Å². The second kappa shape index (κ2) is 7.30. The van der Waals surface area contributed by atoms with Crippen LogP contribution in [0, 0.1) is 0 Å². The average molecular weight is 477 g/mol. The molecule has 0 saturated heterocycles. The summed E-state index contributed by atoms with van der Waals surface area (Å²) in [7, 11) is 0. The van der Waals surface area contributed by atoms with Crippen molar-refractivity contribution in [1.82, 2.24) is 0 Å². The summed E-state index contributed by atoms with van der Waals surface area (Å²) in [6.07, 6.45) is 0. The van der Waals surface area contributed by atoms with E-state index in [4.69, 9.17) is 9.47 Å². The number of hydrogen-bond donors (Lipinski definition) is 0. The minimum absolute atomic E-state index is 0.0732. The van der Waals surface area contributed by atoms with Gasteiger partial charge in [0.25, 0.3) is 0 Å². The molecule has 0 N–H and O–H groups in total. The Balaban J connectivity index is 1.48. The lowest BCUT2D eigenvalue weighted by Crippen LogP contribution is -2.58. The second-order valence-electron chi connectivity index (χ2n) is 10.5. The highest BCUT2D eigenvalue weighted by Gasteiger charge is 2.46. The maximum atomic E-state index is 6.62. The molecule has 0 aromatic heterocycles. The number of anilines is 2. The first-order chi connectivity index (χ1) is 18.1. The zero-order chi connectivity index (χ0) is 24.7. The number of rotatable bonds is 1. The van der Waals surface area contributed by atoms with Crippen LogP contribution in [-0.4, -0.2) is 6.85 Å². The van der Waals surface area contributed by atoms with E-state index in [1.165, 1.54) is 22.3 Å². The molecule has 0 radical (unpaired) electrons.